The van der Waals surface area contributed by atoms with Gasteiger partial charge in [0, 0.05) is 54.9 Å². The van der Waals surface area contributed by atoms with Crippen LogP contribution in [-0.2, 0) is 17.8 Å². The van der Waals surface area contributed by atoms with Gasteiger partial charge in [0.25, 0.3) is 0 Å². The summed E-state index contributed by atoms with van der Waals surface area (Å²) in [5.74, 6) is 0.713. The monoisotopic (exact) mass is 627 g/mol. The number of carbonyl (C=O) groups is 1. The molecular weight excluding hydrogens is 586 g/mol. The van der Waals surface area contributed by atoms with Gasteiger partial charge in [0.15, 0.2) is 0 Å². The summed E-state index contributed by atoms with van der Waals surface area (Å²) in [5, 5.41) is 2.89. The Bertz CT molecular complexity index is 1600. The summed E-state index contributed by atoms with van der Waals surface area (Å²) in [5.41, 5.74) is 3.13. The molecule has 0 bridgehead atoms. The Morgan fingerprint density at radius 2 is 1.96 bits per heavy atom. The number of hydrogen-bond acceptors (Lipinski definition) is 7. The second-order valence-electron chi connectivity index (χ2n) is 12.5. The van der Waals surface area contributed by atoms with E-state index in [1.54, 1.807) is 4.90 Å². The SMILES string of the molecule is [C-]#[N+]C[C@H]1CN(c2nc(OC[C@H](C)N(C)C3CCCC3)nc3c2CCN(c2cccc4cccc(Cl)c24)C3)CCN1C(=O)C=C. The Balaban J connectivity index is 1.31. The molecule has 236 valence electrons. The second-order valence-corrected chi connectivity index (χ2v) is 12.9. The molecule has 0 spiro atoms. The highest BCUT2D eigenvalue weighted by atomic mass is 35.5. The quantitative estimate of drug-likeness (QED) is 0.226. The van der Waals surface area contributed by atoms with Crippen LogP contribution in [0.15, 0.2) is 49.1 Å². The van der Waals surface area contributed by atoms with Crippen molar-refractivity contribution in [2.45, 2.75) is 63.7 Å². The van der Waals surface area contributed by atoms with Crippen LogP contribution in [0.3, 0.4) is 0 Å². The number of piperazine rings is 1. The van der Waals surface area contributed by atoms with Crippen molar-refractivity contribution >= 4 is 39.8 Å². The van der Waals surface area contributed by atoms with E-state index in [4.69, 9.17) is 32.9 Å². The van der Waals surface area contributed by atoms with Crippen LogP contribution < -0.4 is 14.5 Å². The molecule has 1 aliphatic carbocycles. The van der Waals surface area contributed by atoms with Crippen LogP contribution in [-0.4, -0.2) is 90.2 Å². The first-order valence-corrected chi connectivity index (χ1v) is 16.4. The van der Waals surface area contributed by atoms with E-state index in [0.717, 1.165) is 51.5 Å². The molecule has 2 aromatic carbocycles. The van der Waals surface area contributed by atoms with E-state index in [1.807, 2.05) is 12.1 Å². The van der Waals surface area contributed by atoms with Crippen LogP contribution in [0.5, 0.6) is 6.01 Å². The number of nitrogens with zero attached hydrogens (tertiary/aromatic N) is 7. The lowest BCUT2D eigenvalue weighted by molar-refractivity contribution is -0.128. The van der Waals surface area contributed by atoms with Crippen molar-refractivity contribution < 1.29 is 9.53 Å². The van der Waals surface area contributed by atoms with Gasteiger partial charge in [-0.25, -0.2) is 6.57 Å². The molecule has 6 rings (SSSR count). The minimum Gasteiger partial charge on any atom is -0.462 e. The molecule has 9 nitrogen and oxygen atoms in total. The average Bonchev–Trinajstić information content (AvgIpc) is 3.61. The molecule has 3 aliphatic rings. The topological polar surface area (TPSA) is 69.4 Å². The van der Waals surface area contributed by atoms with Gasteiger partial charge in [-0.15, -0.1) is 0 Å². The van der Waals surface area contributed by atoms with Crippen molar-refractivity contribution in [3.8, 4) is 6.01 Å². The standard InChI is InChI=1S/C35H42ClN7O2/c1-5-32(44)43-19-18-42(21-27(43)20-37-3)34-28-16-17-41(31-15-9-11-25-10-8-14-29(36)33(25)31)22-30(28)38-35(39-34)45-23-24(2)40(4)26-12-6-7-13-26/h5,8-11,14-15,24,26-27H,1,6-7,12-13,16-23H2,2,4H3/t24-,27-/m0/s1. The van der Waals surface area contributed by atoms with Crippen LogP contribution in [0.1, 0.15) is 43.9 Å². The predicted octanol–water partition coefficient (Wildman–Crippen LogP) is 5.61. The maximum absolute atomic E-state index is 12.6. The molecule has 2 fully saturated rings. The molecule has 3 heterocycles. The van der Waals surface area contributed by atoms with Gasteiger partial charge in [0.1, 0.15) is 18.5 Å². The maximum atomic E-state index is 12.6. The number of fused-ring (bicyclic) bond motifs is 2. The number of rotatable bonds is 9. The summed E-state index contributed by atoms with van der Waals surface area (Å²) in [7, 11) is 2.19. The molecule has 0 unspecified atom stereocenters. The van der Waals surface area contributed by atoms with Gasteiger partial charge in [0.2, 0.25) is 12.5 Å². The number of ether oxygens (including phenoxy) is 1. The van der Waals surface area contributed by atoms with Crippen molar-refractivity contribution in [2.24, 2.45) is 0 Å². The van der Waals surface area contributed by atoms with E-state index < -0.39 is 0 Å². The van der Waals surface area contributed by atoms with E-state index in [1.165, 1.54) is 31.8 Å². The van der Waals surface area contributed by atoms with Crippen LogP contribution >= 0.6 is 11.6 Å². The molecule has 2 atom stereocenters. The lowest BCUT2D eigenvalue weighted by Gasteiger charge is -2.41. The number of carbonyl (C=O) groups excluding carboxylic acids is 1. The van der Waals surface area contributed by atoms with Crippen LogP contribution in [0.25, 0.3) is 15.6 Å². The molecule has 2 aliphatic heterocycles. The minimum absolute atomic E-state index is 0.137. The Kier molecular flexibility index (Phi) is 9.43. The highest BCUT2D eigenvalue weighted by Crippen LogP contribution is 2.37. The lowest BCUT2D eigenvalue weighted by atomic mass is 10.0. The number of aromatic nitrogens is 2. The van der Waals surface area contributed by atoms with Crippen molar-refractivity contribution in [1.29, 1.82) is 0 Å². The molecule has 1 saturated carbocycles. The third-order valence-corrected chi connectivity index (χ3v) is 10.1. The number of likely N-dealkylation sites (N-methyl/N-ethyl adjacent to an activating group) is 1. The zero-order chi connectivity index (χ0) is 31.5. The normalized spacial score (nSPS) is 19.4. The zero-order valence-electron chi connectivity index (χ0n) is 26.3. The number of benzene rings is 2. The Morgan fingerprint density at radius 3 is 2.71 bits per heavy atom. The molecule has 1 saturated heterocycles. The molecule has 1 amide bonds. The smallest absolute Gasteiger partial charge is 0.318 e. The summed E-state index contributed by atoms with van der Waals surface area (Å²) in [6.07, 6.45) is 7.15. The molecule has 10 heteroatoms. The van der Waals surface area contributed by atoms with Gasteiger partial charge in [-0.2, -0.15) is 9.97 Å². The zero-order valence-corrected chi connectivity index (χ0v) is 27.0. The van der Waals surface area contributed by atoms with Crippen LogP contribution in [0, 0.1) is 6.57 Å². The van der Waals surface area contributed by atoms with Gasteiger partial charge >= 0.3 is 6.01 Å². The molecule has 0 radical (unpaired) electrons. The Labute approximate surface area is 271 Å². The lowest BCUT2D eigenvalue weighted by Crippen LogP contribution is -2.56. The fourth-order valence-electron chi connectivity index (χ4n) is 7.16. The summed E-state index contributed by atoms with van der Waals surface area (Å²) >= 11 is 6.72. The summed E-state index contributed by atoms with van der Waals surface area (Å²) in [4.78, 5) is 35.0. The largest absolute Gasteiger partial charge is 0.462 e. The molecular formula is C35H42ClN7O2. The Hall–Kier alpha value is -3.87. The fourth-order valence-corrected chi connectivity index (χ4v) is 7.44. The van der Waals surface area contributed by atoms with E-state index in [2.05, 4.69) is 64.4 Å². The molecule has 0 N–H and O–H groups in total. The van der Waals surface area contributed by atoms with E-state index in [9.17, 15) is 4.79 Å². The third-order valence-electron chi connectivity index (χ3n) is 9.79. The Morgan fingerprint density at radius 1 is 1.18 bits per heavy atom. The van der Waals surface area contributed by atoms with Crippen molar-refractivity contribution in [1.82, 2.24) is 19.8 Å². The average molecular weight is 628 g/mol. The van der Waals surface area contributed by atoms with E-state index in [-0.39, 0.29) is 24.5 Å². The molecule has 45 heavy (non-hydrogen) atoms. The number of hydrogen-bond donors (Lipinski definition) is 0. The van der Waals surface area contributed by atoms with Crippen molar-refractivity contribution in [3.05, 3.63) is 76.8 Å². The summed E-state index contributed by atoms with van der Waals surface area (Å²) in [6, 6.07) is 13.3. The summed E-state index contributed by atoms with van der Waals surface area (Å²) < 4.78 is 6.37. The molecule has 3 aromatic rings. The van der Waals surface area contributed by atoms with Gasteiger partial charge in [-0.3, -0.25) is 9.69 Å². The van der Waals surface area contributed by atoms with Gasteiger partial charge in [0.05, 0.1) is 17.3 Å². The number of halogens is 1. The summed E-state index contributed by atoms with van der Waals surface area (Å²) in [6.45, 7) is 17.2. The highest BCUT2D eigenvalue weighted by molar-refractivity contribution is 6.36. The van der Waals surface area contributed by atoms with Crippen LogP contribution in [0.4, 0.5) is 11.5 Å². The first-order chi connectivity index (χ1) is 21.9. The first kappa shape index (κ1) is 31.1. The van der Waals surface area contributed by atoms with Crippen molar-refractivity contribution in [3.63, 3.8) is 0 Å². The third kappa shape index (κ3) is 6.45. The van der Waals surface area contributed by atoms with Gasteiger partial charge in [-0.1, -0.05) is 55.3 Å². The number of anilines is 2. The predicted molar refractivity (Wildman–Crippen MR) is 180 cm³/mol. The first-order valence-electron chi connectivity index (χ1n) is 16.1. The van der Waals surface area contributed by atoms with Crippen LogP contribution in [0.2, 0.25) is 5.02 Å². The van der Waals surface area contributed by atoms with E-state index >= 15 is 0 Å². The van der Waals surface area contributed by atoms with E-state index in [0.29, 0.717) is 44.8 Å². The minimum atomic E-state index is -0.241. The fraction of sp³-hybridized carbons (Fsp3) is 0.486. The second kappa shape index (κ2) is 13.6. The number of amides is 1. The van der Waals surface area contributed by atoms with Gasteiger partial charge in [-0.05, 0) is 56.8 Å². The maximum Gasteiger partial charge on any atom is 0.318 e. The molecule has 1 aromatic heterocycles. The highest BCUT2D eigenvalue weighted by Gasteiger charge is 2.35. The van der Waals surface area contributed by atoms with Gasteiger partial charge < -0.3 is 24.3 Å². The van der Waals surface area contributed by atoms with Crippen molar-refractivity contribution in [2.75, 3.05) is 56.2 Å².